The van der Waals surface area contributed by atoms with Crippen LogP contribution in [-0.2, 0) is 6.42 Å². The van der Waals surface area contributed by atoms with Crippen LogP contribution in [0.1, 0.15) is 21.7 Å². The molecule has 1 aliphatic rings. The SMILES string of the molecule is Cc1cc(CCN2CCN(c3cccc(Cl)c3)CC2)n(C(=O)c2ccc(N)cc2)n1. The lowest BCUT2D eigenvalue weighted by Crippen LogP contribution is -2.47. The van der Waals surface area contributed by atoms with Crippen LogP contribution < -0.4 is 10.6 Å². The summed E-state index contributed by atoms with van der Waals surface area (Å²) in [5, 5.41) is 5.20. The molecule has 0 radical (unpaired) electrons. The van der Waals surface area contributed by atoms with Crippen LogP contribution in [0.25, 0.3) is 0 Å². The van der Waals surface area contributed by atoms with Gasteiger partial charge in [0.15, 0.2) is 0 Å². The van der Waals surface area contributed by atoms with Gasteiger partial charge in [0, 0.05) is 66.8 Å². The van der Waals surface area contributed by atoms with Crippen LogP contribution in [0, 0.1) is 6.92 Å². The number of aromatic nitrogens is 2. The van der Waals surface area contributed by atoms with Gasteiger partial charge in [0.05, 0.1) is 5.69 Å². The second-order valence-corrected chi connectivity index (χ2v) is 8.11. The van der Waals surface area contributed by atoms with E-state index in [-0.39, 0.29) is 5.91 Å². The highest BCUT2D eigenvalue weighted by Crippen LogP contribution is 2.21. The normalized spacial score (nSPS) is 14.8. The average Bonchev–Trinajstić information content (AvgIpc) is 3.13. The van der Waals surface area contributed by atoms with Crippen LogP contribution in [0.2, 0.25) is 5.02 Å². The Morgan fingerprint density at radius 1 is 1.07 bits per heavy atom. The number of carbonyl (C=O) groups excluding carboxylic acids is 1. The fourth-order valence-electron chi connectivity index (χ4n) is 3.83. The summed E-state index contributed by atoms with van der Waals surface area (Å²) in [5.41, 5.74) is 9.92. The molecule has 6 nitrogen and oxygen atoms in total. The van der Waals surface area contributed by atoms with E-state index in [9.17, 15) is 4.79 Å². The molecule has 7 heteroatoms. The molecule has 0 atom stereocenters. The van der Waals surface area contributed by atoms with Crippen molar-refractivity contribution in [3.63, 3.8) is 0 Å². The molecule has 0 aliphatic carbocycles. The second kappa shape index (κ2) is 8.90. The van der Waals surface area contributed by atoms with E-state index in [1.807, 2.05) is 31.2 Å². The van der Waals surface area contributed by atoms with Crippen molar-refractivity contribution in [2.24, 2.45) is 0 Å². The van der Waals surface area contributed by atoms with Gasteiger partial charge in [0.1, 0.15) is 0 Å². The topological polar surface area (TPSA) is 67.4 Å². The molecule has 0 amide bonds. The van der Waals surface area contributed by atoms with Crippen LogP contribution >= 0.6 is 11.6 Å². The molecule has 156 valence electrons. The van der Waals surface area contributed by atoms with Crippen molar-refractivity contribution in [1.29, 1.82) is 0 Å². The lowest BCUT2D eigenvalue weighted by atomic mass is 10.2. The summed E-state index contributed by atoms with van der Waals surface area (Å²) in [6.07, 6.45) is 0.777. The predicted molar refractivity (Wildman–Crippen MR) is 121 cm³/mol. The molecule has 2 N–H and O–H groups in total. The number of rotatable bonds is 5. The van der Waals surface area contributed by atoms with E-state index in [2.05, 4.69) is 21.0 Å². The number of hydrogen-bond donors (Lipinski definition) is 1. The Labute approximate surface area is 181 Å². The van der Waals surface area contributed by atoms with Crippen molar-refractivity contribution in [2.45, 2.75) is 13.3 Å². The molecule has 3 aromatic rings. The average molecular weight is 424 g/mol. The third-order valence-electron chi connectivity index (χ3n) is 5.49. The van der Waals surface area contributed by atoms with E-state index >= 15 is 0 Å². The van der Waals surface area contributed by atoms with Gasteiger partial charge >= 0.3 is 0 Å². The standard InChI is InChI=1S/C23H26ClN5O/c1-17-15-22(29(26-17)23(30)18-5-7-20(25)8-6-18)9-10-27-11-13-28(14-12-27)21-4-2-3-19(24)16-21/h2-8,15-16H,9-14,25H2,1H3. The molecule has 4 rings (SSSR count). The van der Waals surface area contributed by atoms with Gasteiger partial charge in [-0.3, -0.25) is 9.69 Å². The largest absolute Gasteiger partial charge is 0.399 e. The molecule has 1 aromatic heterocycles. The number of hydrogen-bond acceptors (Lipinski definition) is 5. The van der Waals surface area contributed by atoms with E-state index in [1.165, 1.54) is 10.4 Å². The summed E-state index contributed by atoms with van der Waals surface area (Å²) in [7, 11) is 0. The zero-order chi connectivity index (χ0) is 21.1. The molecule has 1 saturated heterocycles. The van der Waals surface area contributed by atoms with Gasteiger partial charge in [-0.25, -0.2) is 4.68 Å². The minimum absolute atomic E-state index is 0.121. The number of nitrogens with zero attached hydrogens (tertiary/aromatic N) is 4. The fraction of sp³-hybridized carbons (Fsp3) is 0.304. The number of anilines is 2. The summed E-state index contributed by atoms with van der Waals surface area (Å²) in [4.78, 5) is 17.7. The van der Waals surface area contributed by atoms with Crippen LogP contribution in [-0.4, -0.2) is 53.3 Å². The molecule has 0 saturated carbocycles. The molecule has 0 unspecified atom stereocenters. The first-order valence-corrected chi connectivity index (χ1v) is 10.6. The van der Waals surface area contributed by atoms with E-state index in [0.717, 1.165) is 55.6 Å². The van der Waals surface area contributed by atoms with Crippen LogP contribution in [0.15, 0.2) is 54.6 Å². The van der Waals surface area contributed by atoms with Crippen molar-refractivity contribution in [2.75, 3.05) is 43.4 Å². The first-order valence-electron chi connectivity index (χ1n) is 10.2. The third-order valence-corrected chi connectivity index (χ3v) is 5.72. The molecule has 1 aliphatic heterocycles. The molecule has 1 fully saturated rings. The summed E-state index contributed by atoms with van der Waals surface area (Å²) >= 11 is 6.13. The Balaban J connectivity index is 1.37. The van der Waals surface area contributed by atoms with Crippen LogP contribution in [0.4, 0.5) is 11.4 Å². The lowest BCUT2D eigenvalue weighted by molar-refractivity contribution is 0.0940. The van der Waals surface area contributed by atoms with Crippen LogP contribution in [0.5, 0.6) is 0 Å². The van der Waals surface area contributed by atoms with Crippen molar-refractivity contribution in [1.82, 2.24) is 14.7 Å². The maximum absolute atomic E-state index is 12.9. The van der Waals surface area contributed by atoms with Crippen molar-refractivity contribution in [3.05, 3.63) is 76.6 Å². The monoisotopic (exact) mass is 423 g/mol. The molecular formula is C23H26ClN5O. The number of halogens is 1. The van der Waals surface area contributed by atoms with Gasteiger partial charge in [-0.1, -0.05) is 17.7 Å². The summed E-state index contributed by atoms with van der Waals surface area (Å²) in [6, 6.07) is 17.0. The first-order chi connectivity index (χ1) is 14.5. The van der Waals surface area contributed by atoms with Gasteiger partial charge in [-0.15, -0.1) is 0 Å². The number of piperazine rings is 1. The smallest absolute Gasteiger partial charge is 0.278 e. The zero-order valence-corrected chi connectivity index (χ0v) is 17.8. The molecule has 2 heterocycles. The fourth-order valence-corrected chi connectivity index (χ4v) is 4.01. The van der Waals surface area contributed by atoms with Crippen molar-refractivity contribution >= 4 is 28.9 Å². The van der Waals surface area contributed by atoms with E-state index in [1.54, 1.807) is 24.3 Å². The van der Waals surface area contributed by atoms with Gasteiger partial charge in [0.2, 0.25) is 0 Å². The molecule has 0 spiro atoms. The summed E-state index contributed by atoms with van der Waals surface area (Å²) in [5.74, 6) is -0.121. The highest BCUT2D eigenvalue weighted by Gasteiger charge is 2.19. The van der Waals surface area contributed by atoms with E-state index in [4.69, 9.17) is 17.3 Å². The minimum atomic E-state index is -0.121. The predicted octanol–water partition coefficient (Wildman–Crippen LogP) is 3.48. The van der Waals surface area contributed by atoms with Gasteiger partial charge in [-0.2, -0.15) is 5.10 Å². The Bertz CT molecular complexity index is 1020. The maximum atomic E-state index is 12.9. The highest BCUT2D eigenvalue weighted by molar-refractivity contribution is 6.30. The van der Waals surface area contributed by atoms with E-state index in [0.29, 0.717) is 11.3 Å². The van der Waals surface area contributed by atoms with Crippen LogP contribution in [0.3, 0.4) is 0 Å². The van der Waals surface area contributed by atoms with Crippen molar-refractivity contribution in [3.8, 4) is 0 Å². The molecule has 2 aromatic carbocycles. The second-order valence-electron chi connectivity index (χ2n) is 7.67. The number of nitrogens with two attached hydrogens (primary N) is 1. The molecule has 0 bridgehead atoms. The Kier molecular flexibility index (Phi) is 6.06. The maximum Gasteiger partial charge on any atom is 0.278 e. The summed E-state index contributed by atoms with van der Waals surface area (Å²) < 4.78 is 1.53. The quantitative estimate of drug-likeness (QED) is 0.636. The van der Waals surface area contributed by atoms with Gasteiger partial charge in [-0.05, 0) is 55.5 Å². The first kappa shape index (κ1) is 20.4. The third kappa shape index (κ3) is 4.66. The van der Waals surface area contributed by atoms with Gasteiger partial charge < -0.3 is 10.6 Å². The lowest BCUT2D eigenvalue weighted by Gasteiger charge is -2.36. The highest BCUT2D eigenvalue weighted by atomic mass is 35.5. The molecular weight excluding hydrogens is 398 g/mol. The Hall–Kier alpha value is -2.83. The zero-order valence-electron chi connectivity index (χ0n) is 17.1. The minimum Gasteiger partial charge on any atom is -0.399 e. The number of carbonyl (C=O) groups is 1. The number of aryl methyl sites for hydroxylation is 1. The Morgan fingerprint density at radius 2 is 1.80 bits per heavy atom. The van der Waals surface area contributed by atoms with Gasteiger partial charge in [0.25, 0.3) is 5.91 Å². The van der Waals surface area contributed by atoms with Crippen molar-refractivity contribution < 1.29 is 4.79 Å². The molecule has 30 heavy (non-hydrogen) atoms. The number of benzene rings is 2. The Morgan fingerprint density at radius 3 is 2.50 bits per heavy atom. The van der Waals surface area contributed by atoms with E-state index < -0.39 is 0 Å². The summed E-state index contributed by atoms with van der Waals surface area (Å²) in [6.45, 7) is 6.69. The number of nitrogen functional groups attached to an aromatic ring is 1.